The van der Waals surface area contributed by atoms with E-state index in [0.717, 1.165) is 10.9 Å². The maximum Gasteiger partial charge on any atom is 0.264 e. The highest BCUT2D eigenvalue weighted by Gasteiger charge is 2.22. The monoisotopic (exact) mass is 410 g/mol. The van der Waals surface area contributed by atoms with Crippen LogP contribution in [0.1, 0.15) is 17.0 Å². The number of anilines is 1. The molecule has 4 rings (SSSR count). The minimum absolute atomic E-state index is 0.112. The molecule has 29 heavy (non-hydrogen) atoms. The van der Waals surface area contributed by atoms with Gasteiger partial charge in [-0.3, -0.25) is 14.4 Å². The lowest BCUT2D eigenvalue weighted by Crippen LogP contribution is -2.15. The molecule has 0 radical (unpaired) electrons. The van der Waals surface area contributed by atoms with Crippen molar-refractivity contribution >= 4 is 26.6 Å². The fourth-order valence-corrected chi connectivity index (χ4v) is 4.60. The van der Waals surface area contributed by atoms with Gasteiger partial charge < -0.3 is 0 Å². The van der Waals surface area contributed by atoms with Crippen LogP contribution in [0.2, 0.25) is 0 Å². The van der Waals surface area contributed by atoms with Crippen molar-refractivity contribution in [3.63, 3.8) is 0 Å². The van der Waals surface area contributed by atoms with E-state index < -0.39 is 10.0 Å². The van der Waals surface area contributed by atoms with Gasteiger partial charge in [0.15, 0.2) is 0 Å². The predicted octanol–water partition coefficient (Wildman–Crippen LogP) is 4.04. The van der Waals surface area contributed by atoms with Crippen LogP contribution >= 0.6 is 0 Å². The smallest absolute Gasteiger partial charge is 0.264 e. The first-order valence-electron chi connectivity index (χ1n) is 9.00. The van der Waals surface area contributed by atoms with Gasteiger partial charge in [0.2, 0.25) is 0 Å². The first kappa shape index (κ1) is 19.1. The summed E-state index contributed by atoms with van der Waals surface area (Å²) in [6.07, 6.45) is 1.57. The van der Waals surface area contributed by atoms with E-state index >= 15 is 0 Å². The summed E-state index contributed by atoms with van der Waals surface area (Å²) in [6, 6.07) is 14.8. The summed E-state index contributed by atoms with van der Waals surface area (Å²) in [5, 5.41) is 5.19. The lowest BCUT2D eigenvalue weighted by Gasteiger charge is -2.11. The van der Waals surface area contributed by atoms with Crippen LogP contribution in [0.5, 0.6) is 0 Å². The number of rotatable bonds is 5. The van der Waals surface area contributed by atoms with Crippen LogP contribution in [0.15, 0.2) is 65.7 Å². The first-order chi connectivity index (χ1) is 13.8. The molecular weight excluding hydrogens is 391 g/mol. The molecule has 0 fully saturated rings. The molecule has 6 nitrogen and oxygen atoms in total. The Hall–Kier alpha value is -3.26. The fraction of sp³-hybridized carbons (Fsp3) is 0.143. The van der Waals surface area contributed by atoms with Crippen LogP contribution in [-0.2, 0) is 16.6 Å². The zero-order valence-corrected chi connectivity index (χ0v) is 16.7. The zero-order valence-electron chi connectivity index (χ0n) is 15.9. The average molecular weight is 410 g/mol. The van der Waals surface area contributed by atoms with Gasteiger partial charge in [0.05, 0.1) is 29.1 Å². The standard InChI is InChI=1S/C21H19FN4O2S/c1-14-20(15(2)26(24-14)13-16-8-10-18(22)11-9-16)25-29(27,28)19-7-3-5-17-6-4-12-23-21(17)19/h3-12,25H,13H2,1-2H3. The second-order valence-corrected chi connectivity index (χ2v) is 8.42. The minimum Gasteiger partial charge on any atom is -0.276 e. The van der Waals surface area contributed by atoms with Crippen molar-refractivity contribution in [1.29, 1.82) is 0 Å². The Bertz CT molecular complexity index is 1290. The Morgan fingerprint density at radius 1 is 1.03 bits per heavy atom. The number of halogens is 1. The summed E-state index contributed by atoms with van der Waals surface area (Å²) in [5.74, 6) is -0.306. The molecule has 1 N–H and O–H groups in total. The van der Waals surface area contributed by atoms with E-state index in [2.05, 4.69) is 14.8 Å². The van der Waals surface area contributed by atoms with Gasteiger partial charge >= 0.3 is 0 Å². The second-order valence-electron chi connectivity index (χ2n) is 6.77. The van der Waals surface area contributed by atoms with Gasteiger partial charge in [-0.2, -0.15) is 5.10 Å². The molecule has 4 aromatic rings. The van der Waals surface area contributed by atoms with Gasteiger partial charge in [-0.05, 0) is 43.7 Å². The summed E-state index contributed by atoms with van der Waals surface area (Å²) in [6.45, 7) is 3.95. The first-order valence-corrected chi connectivity index (χ1v) is 10.5. The van der Waals surface area contributed by atoms with E-state index in [0.29, 0.717) is 29.1 Å². The van der Waals surface area contributed by atoms with Crippen LogP contribution in [0.3, 0.4) is 0 Å². The molecule has 0 aliphatic rings. The lowest BCUT2D eigenvalue weighted by molar-refractivity contribution is 0.601. The van der Waals surface area contributed by atoms with Crippen LogP contribution < -0.4 is 4.72 Å². The number of pyridine rings is 1. The zero-order chi connectivity index (χ0) is 20.6. The molecule has 0 amide bonds. The molecule has 0 saturated heterocycles. The molecule has 0 saturated carbocycles. The van der Waals surface area contributed by atoms with E-state index in [1.165, 1.54) is 18.2 Å². The number of fused-ring (bicyclic) bond motifs is 1. The maximum absolute atomic E-state index is 13.1. The van der Waals surface area contributed by atoms with Crippen molar-refractivity contribution in [3.8, 4) is 0 Å². The number of benzene rings is 2. The molecule has 0 spiro atoms. The van der Waals surface area contributed by atoms with E-state index in [1.54, 1.807) is 49.0 Å². The fourth-order valence-electron chi connectivity index (χ4n) is 3.24. The summed E-state index contributed by atoms with van der Waals surface area (Å²) in [5.41, 5.74) is 2.94. The van der Waals surface area contributed by atoms with Gasteiger partial charge in [0.1, 0.15) is 10.7 Å². The molecule has 148 valence electrons. The van der Waals surface area contributed by atoms with E-state index in [4.69, 9.17) is 0 Å². The van der Waals surface area contributed by atoms with Gasteiger partial charge in [0.25, 0.3) is 10.0 Å². The largest absolute Gasteiger partial charge is 0.276 e. The topological polar surface area (TPSA) is 76.9 Å². The van der Waals surface area contributed by atoms with Crippen molar-refractivity contribution in [1.82, 2.24) is 14.8 Å². The molecule has 0 bridgehead atoms. The number of aromatic nitrogens is 3. The van der Waals surface area contributed by atoms with Crippen molar-refractivity contribution < 1.29 is 12.8 Å². The SMILES string of the molecule is Cc1nn(Cc2ccc(F)cc2)c(C)c1NS(=O)(=O)c1cccc2cccnc12. The summed E-state index contributed by atoms with van der Waals surface area (Å²) in [7, 11) is -3.87. The van der Waals surface area contributed by atoms with Gasteiger partial charge in [0, 0.05) is 11.6 Å². The van der Waals surface area contributed by atoms with Gasteiger partial charge in [-0.25, -0.2) is 12.8 Å². The van der Waals surface area contributed by atoms with Gasteiger partial charge in [-0.1, -0.05) is 30.3 Å². The Morgan fingerprint density at radius 2 is 1.76 bits per heavy atom. The Kier molecular flexibility index (Phi) is 4.79. The van der Waals surface area contributed by atoms with Crippen LogP contribution in [0, 0.1) is 19.7 Å². The predicted molar refractivity (Wildman–Crippen MR) is 110 cm³/mol. The number of para-hydroxylation sites is 1. The lowest BCUT2D eigenvalue weighted by atomic mass is 10.2. The van der Waals surface area contributed by atoms with Crippen molar-refractivity contribution in [2.45, 2.75) is 25.3 Å². The van der Waals surface area contributed by atoms with Crippen LogP contribution in [0.25, 0.3) is 10.9 Å². The molecule has 0 unspecified atom stereocenters. The molecule has 0 atom stereocenters. The minimum atomic E-state index is -3.87. The Labute approximate surface area is 168 Å². The molecule has 2 aromatic carbocycles. The number of hydrogen-bond donors (Lipinski definition) is 1. The summed E-state index contributed by atoms with van der Waals surface area (Å²) in [4.78, 5) is 4.34. The summed E-state index contributed by atoms with van der Waals surface area (Å²) >= 11 is 0. The quantitative estimate of drug-likeness (QED) is 0.539. The molecule has 0 aliphatic heterocycles. The van der Waals surface area contributed by atoms with Crippen molar-refractivity contribution in [3.05, 3.63) is 83.6 Å². The molecule has 0 aliphatic carbocycles. The summed E-state index contributed by atoms with van der Waals surface area (Å²) < 4.78 is 43.7. The third-order valence-electron chi connectivity index (χ3n) is 4.75. The molecule has 8 heteroatoms. The molecular formula is C21H19FN4O2S. The van der Waals surface area contributed by atoms with E-state index in [1.807, 2.05) is 12.1 Å². The third kappa shape index (κ3) is 3.71. The second kappa shape index (κ2) is 7.29. The molecule has 2 aromatic heterocycles. The Morgan fingerprint density at radius 3 is 2.52 bits per heavy atom. The van der Waals surface area contributed by atoms with E-state index in [9.17, 15) is 12.8 Å². The average Bonchev–Trinajstić information content (AvgIpc) is 2.96. The van der Waals surface area contributed by atoms with Crippen molar-refractivity contribution in [2.24, 2.45) is 0 Å². The third-order valence-corrected chi connectivity index (χ3v) is 6.13. The normalized spacial score (nSPS) is 11.7. The van der Waals surface area contributed by atoms with Crippen LogP contribution in [0.4, 0.5) is 10.1 Å². The Balaban J connectivity index is 1.68. The van der Waals surface area contributed by atoms with Crippen LogP contribution in [-0.4, -0.2) is 23.2 Å². The molecule has 2 heterocycles. The van der Waals surface area contributed by atoms with Crippen molar-refractivity contribution in [2.75, 3.05) is 4.72 Å². The van der Waals surface area contributed by atoms with E-state index in [-0.39, 0.29) is 10.7 Å². The number of nitrogens with zero attached hydrogens (tertiary/aromatic N) is 3. The number of nitrogens with one attached hydrogen (secondary N) is 1. The number of sulfonamides is 1. The van der Waals surface area contributed by atoms with Gasteiger partial charge in [-0.15, -0.1) is 0 Å². The highest BCUT2D eigenvalue weighted by atomic mass is 32.2. The maximum atomic E-state index is 13.1. The highest BCUT2D eigenvalue weighted by molar-refractivity contribution is 7.93. The number of aryl methyl sites for hydroxylation is 1. The number of hydrogen-bond acceptors (Lipinski definition) is 4. The highest BCUT2D eigenvalue weighted by Crippen LogP contribution is 2.27.